The van der Waals surface area contributed by atoms with E-state index in [4.69, 9.17) is 0 Å². The van der Waals surface area contributed by atoms with Crippen LogP contribution in [0.3, 0.4) is 0 Å². The standard InChI is InChI=1S/C11H12O3S/c1-9(12)11-5-3-4-10(8-11)6-7-15(2,13)14/h3-8H,1-2H3/b7-6+. The summed E-state index contributed by atoms with van der Waals surface area (Å²) < 4.78 is 21.7. The first-order valence-electron chi connectivity index (χ1n) is 4.37. The predicted octanol–water partition coefficient (Wildman–Crippen LogP) is 1.90. The molecule has 0 aromatic heterocycles. The predicted molar refractivity (Wildman–Crippen MR) is 60.3 cm³/mol. The number of sulfone groups is 1. The van der Waals surface area contributed by atoms with E-state index in [-0.39, 0.29) is 5.78 Å². The van der Waals surface area contributed by atoms with Gasteiger partial charge in [-0.05, 0) is 24.6 Å². The second kappa shape index (κ2) is 4.40. The van der Waals surface area contributed by atoms with Gasteiger partial charge in [0, 0.05) is 17.2 Å². The first-order chi connectivity index (χ1) is 6.88. The van der Waals surface area contributed by atoms with E-state index in [1.165, 1.54) is 13.0 Å². The van der Waals surface area contributed by atoms with Crippen molar-refractivity contribution in [1.82, 2.24) is 0 Å². The van der Waals surface area contributed by atoms with Gasteiger partial charge in [0.15, 0.2) is 15.6 Å². The van der Waals surface area contributed by atoms with E-state index in [0.717, 1.165) is 11.7 Å². The summed E-state index contributed by atoms with van der Waals surface area (Å²) >= 11 is 0. The maximum Gasteiger partial charge on any atom is 0.168 e. The van der Waals surface area contributed by atoms with Gasteiger partial charge in [0.05, 0.1) is 0 Å². The van der Waals surface area contributed by atoms with Crippen molar-refractivity contribution in [3.05, 3.63) is 40.8 Å². The summed E-state index contributed by atoms with van der Waals surface area (Å²) in [6, 6.07) is 6.82. The Morgan fingerprint density at radius 2 is 2.00 bits per heavy atom. The zero-order valence-corrected chi connectivity index (χ0v) is 9.41. The summed E-state index contributed by atoms with van der Waals surface area (Å²) in [6.45, 7) is 1.47. The number of rotatable bonds is 3. The third-order valence-corrected chi connectivity index (χ3v) is 2.43. The van der Waals surface area contributed by atoms with Gasteiger partial charge in [-0.3, -0.25) is 4.79 Å². The maximum atomic E-state index is 11.1. The summed E-state index contributed by atoms with van der Waals surface area (Å²) in [5, 5.41) is 1.12. The summed E-state index contributed by atoms with van der Waals surface area (Å²) in [5.74, 6) is -0.0374. The van der Waals surface area contributed by atoms with Crippen molar-refractivity contribution in [2.45, 2.75) is 6.92 Å². The van der Waals surface area contributed by atoms with Crippen molar-refractivity contribution in [2.24, 2.45) is 0 Å². The molecule has 0 N–H and O–H groups in total. The molecule has 0 saturated carbocycles. The Morgan fingerprint density at radius 1 is 1.33 bits per heavy atom. The van der Waals surface area contributed by atoms with Gasteiger partial charge >= 0.3 is 0 Å². The third-order valence-electron chi connectivity index (χ3n) is 1.80. The van der Waals surface area contributed by atoms with Gasteiger partial charge in [0.1, 0.15) is 0 Å². The largest absolute Gasteiger partial charge is 0.295 e. The van der Waals surface area contributed by atoms with Crippen LogP contribution >= 0.6 is 0 Å². The average Bonchev–Trinajstić information content (AvgIpc) is 2.14. The summed E-state index contributed by atoms with van der Waals surface area (Å²) in [5.41, 5.74) is 1.28. The van der Waals surface area contributed by atoms with Crippen LogP contribution in [0, 0.1) is 0 Å². The van der Waals surface area contributed by atoms with Crippen molar-refractivity contribution in [3.8, 4) is 0 Å². The molecule has 1 aromatic carbocycles. The minimum Gasteiger partial charge on any atom is -0.295 e. The molecule has 0 spiro atoms. The molecule has 0 aliphatic carbocycles. The highest BCUT2D eigenvalue weighted by molar-refractivity contribution is 7.93. The Kier molecular flexibility index (Phi) is 3.42. The lowest BCUT2D eigenvalue weighted by atomic mass is 10.1. The maximum absolute atomic E-state index is 11.1. The smallest absolute Gasteiger partial charge is 0.168 e. The Balaban J connectivity index is 3.02. The van der Waals surface area contributed by atoms with Gasteiger partial charge in [0.2, 0.25) is 0 Å². The molecule has 0 radical (unpaired) electrons. The van der Waals surface area contributed by atoms with Crippen molar-refractivity contribution in [3.63, 3.8) is 0 Å². The molecule has 0 aliphatic heterocycles. The second-order valence-electron chi connectivity index (χ2n) is 3.31. The van der Waals surface area contributed by atoms with Crippen LogP contribution in [0.1, 0.15) is 22.8 Å². The summed E-state index contributed by atoms with van der Waals surface area (Å²) in [4.78, 5) is 11.1. The number of carbonyl (C=O) groups is 1. The number of hydrogen-bond acceptors (Lipinski definition) is 3. The lowest BCUT2D eigenvalue weighted by Gasteiger charge is -1.97. The Hall–Kier alpha value is -1.42. The van der Waals surface area contributed by atoms with Crippen LogP contribution in [0.2, 0.25) is 0 Å². The lowest BCUT2D eigenvalue weighted by Crippen LogP contribution is -1.92. The number of hydrogen-bond donors (Lipinski definition) is 0. The van der Waals surface area contributed by atoms with Crippen LogP contribution in [-0.2, 0) is 9.84 Å². The van der Waals surface area contributed by atoms with E-state index in [9.17, 15) is 13.2 Å². The van der Waals surface area contributed by atoms with E-state index in [0.29, 0.717) is 11.1 Å². The van der Waals surface area contributed by atoms with Crippen LogP contribution < -0.4 is 0 Å². The molecular formula is C11H12O3S. The first kappa shape index (κ1) is 11.7. The molecule has 4 heteroatoms. The molecule has 0 unspecified atom stereocenters. The summed E-state index contributed by atoms with van der Waals surface area (Å²) in [6.07, 6.45) is 2.60. The number of Topliss-reactive ketones (excluding diaryl/α,β-unsaturated/α-hetero) is 1. The van der Waals surface area contributed by atoms with Gasteiger partial charge < -0.3 is 0 Å². The summed E-state index contributed by atoms with van der Waals surface area (Å²) in [7, 11) is -3.12. The van der Waals surface area contributed by atoms with Crippen molar-refractivity contribution >= 4 is 21.7 Å². The molecule has 0 saturated heterocycles. The van der Waals surface area contributed by atoms with Gasteiger partial charge in [-0.25, -0.2) is 8.42 Å². The van der Waals surface area contributed by atoms with E-state index in [1.807, 2.05) is 0 Å². The number of ketones is 1. The topological polar surface area (TPSA) is 51.2 Å². The molecule has 0 amide bonds. The molecule has 1 aromatic rings. The SMILES string of the molecule is CC(=O)c1cccc(/C=C/S(C)(=O)=O)c1. The fourth-order valence-electron chi connectivity index (χ4n) is 1.06. The average molecular weight is 224 g/mol. The van der Waals surface area contributed by atoms with Crippen molar-refractivity contribution < 1.29 is 13.2 Å². The highest BCUT2D eigenvalue weighted by Gasteiger charge is 1.99. The molecule has 0 bridgehead atoms. The van der Waals surface area contributed by atoms with Crippen LogP contribution in [0.15, 0.2) is 29.7 Å². The number of benzene rings is 1. The lowest BCUT2D eigenvalue weighted by molar-refractivity contribution is 0.101. The highest BCUT2D eigenvalue weighted by atomic mass is 32.2. The third kappa shape index (κ3) is 4.08. The van der Waals surface area contributed by atoms with Crippen LogP contribution in [0.4, 0.5) is 0 Å². The molecular weight excluding hydrogens is 212 g/mol. The van der Waals surface area contributed by atoms with Crippen LogP contribution in [-0.4, -0.2) is 20.5 Å². The Bertz CT molecular complexity index is 498. The fourth-order valence-corrected chi connectivity index (χ4v) is 1.47. The molecule has 0 fully saturated rings. The van der Waals surface area contributed by atoms with Crippen LogP contribution in [0.5, 0.6) is 0 Å². The van der Waals surface area contributed by atoms with E-state index in [2.05, 4.69) is 0 Å². The van der Waals surface area contributed by atoms with E-state index >= 15 is 0 Å². The molecule has 1 rings (SSSR count). The molecule has 0 aliphatic rings. The van der Waals surface area contributed by atoms with Gasteiger partial charge in [-0.1, -0.05) is 18.2 Å². The normalized spacial score (nSPS) is 11.9. The van der Waals surface area contributed by atoms with Crippen molar-refractivity contribution in [2.75, 3.05) is 6.26 Å². The number of carbonyl (C=O) groups excluding carboxylic acids is 1. The van der Waals surface area contributed by atoms with E-state index < -0.39 is 9.84 Å². The second-order valence-corrected chi connectivity index (χ2v) is 5.25. The van der Waals surface area contributed by atoms with Gasteiger partial charge in [-0.2, -0.15) is 0 Å². The Morgan fingerprint density at radius 3 is 2.53 bits per heavy atom. The van der Waals surface area contributed by atoms with Gasteiger partial charge in [0.25, 0.3) is 0 Å². The monoisotopic (exact) mass is 224 g/mol. The molecule has 15 heavy (non-hydrogen) atoms. The van der Waals surface area contributed by atoms with Crippen molar-refractivity contribution in [1.29, 1.82) is 0 Å². The molecule has 80 valence electrons. The zero-order chi connectivity index (χ0) is 11.5. The minimum atomic E-state index is -3.12. The Labute approximate surface area is 89.4 Å². The quantitative estimate of drug-likeness (QED) is 0.737. The minimum absolute atomic E-state index is 0.0374. The fraction of sp³-hybridized carbons (Fsp3) is 0.182. The van der Waals surface area contributed by atoms with Crippen LogP contribution in [0.25, 0.3) is 6.08 Å². The zero-order valence-electron chi connectivity index (χ0n) is 8.60. The van der Waals surface area contributed by atoms with E-state index in [1.54, 1.807) is 24.3 Å². The molecule has 0 heterocycles. The van der Waals surface area contributed by atoms with Gasteiger partial charge in [-0.15, -0.1) is 0 Å². The molecule has 0 atom stereocenters. The highest BCUT2D eigenvalue weighted by Crippen LogP contribution is 2.08. The molecule has 3 nitrogen and oxygen atoms in total. The first-order valence-corrected chi connectivity index (χ1v) is 6.33.